The van der Waals surface area contributed by atoms with Crippen molar-refractivity contribution in [2.24, 2.45) is 17.8 Å². The van der Waals surface area contributed by atoms with Gasteiger partial charge in [0.2, 0.25) is 29.5 Å². The van der Waals surface area contributed by atoms with Crippen LogP contribution in [0.5, 0.6) is 11.5 Å². The van der Waals surface area contributed by atoms with E-state index in [1.807, 2.05) is 6.92 Å². The number of carbonyl (C=O) groups excluding carboxylic acids is 10. The molecule has 0 aliphatic heterocycles. The Bertz CT molecular complexity index is 3230. The maximum atomic E-state index is 13.1. The Balaban J connectivity index is 0.0000720. The average Bonchev–Trinajstić information content (AvgIpc) is 0.876. The minimum Gasteiger partial charge on any atom is -0.494 e. The van der Waals surface area contributed by atoms with Crippen LogP contribution in [-0.2, 0) is 95.4 Å². The number of hydrogen-bond acceptors (Lipinski definition) is 24. The predicted molar refractivity (Wildman–Crippen MR) is 442 cm³/mol. The van der Waals surface area contributed by atoms with Crippen LogP contribution in [-0.4, -0.2) is 254 Å². The van der Waals surface area contributed by atoms with Crippen LogP contribution in [0.4, 0.5) is 0 Å². The number of aromatic carboxylic acids is 2. The number of carbonyl (C=O) groups is 14. The van der Waals surface area contributed by atoms with E-state index in [0.717, 1.165) is 77.0 Å². The van der Waals surface area contributed by atoms with Gasteiger partial charge >= 0.3 is 23.9 Å². The first-order valence-corrected chi connectivity index (χ1v) is 42.4. The largest absolute Gasteiger partial charge is 0.494 e. The molecule has 676 valence electrons. The molecule has 2 rings (SSSR count). The van der Waals surface area contributed by atoms with E-state index in [2.05, 4.69) is 26.6 Å². The number of aliphatic carboxylic acids is 2. The van der Waals surface area contributed by atoms with Gasteiger partial charge in [-0.1, -0.05) is 84.0 Å². The van der Waals surface area contributed by atoms with Crippen molar-refractivity contribution in [1.29, 1.82) is 0 Å². The van der Waals surface area contributed by atoms with Crippen molar-refractivity contribution in [3.8, 4) is 11.5 Å². The second-order valence-electron chi connectivity index (χ2n) is 29.3. The zero-order chi connectivity index (χ0) is 87.1. The van der Waals surface area contributed by atoms with Gasteiger partial charge in [-0.05, 0) is 133 Å². The highest BCUT2D eigenvalue weighted by molar-refractivity contribution is 5.89. The Labute approximate surface area is 703 Å². The van der Waals surface area contributed by atoms with Crippen LogP contribution in [0.3, 0.4) is 0 Å². The smallest absolute Gasteiger partial charge is 0.335 e. The third-order valence-electron chi connectivity index (χ3n) is 19.1. The molecule has 0 aliphatic carbocycles. The summed E-state index contributed by atoms with van der Waals surface area (Å²) in [6.07, 6.45) is 18.1. The molecule has 0 unspecified atom stereocenters. The third-order valence-corrected chi connectivity index (χ3v) is 19.1. The van der Waals surface area contributed by atoms with Gasteiger partial charge in [0.15, 0.2) is 11.6 Å². The van der Waals surface area contributed by atoms with Crippen LogP contribution in [0.2, 0.25) is 0 Å². The van der Waals surface area contributed by atoms with Gasteiger partial charge in [0.05, 0.1) is 96.3 Å². The van der Waals surface area contributed by atoms with Crippen LogP contribution in [0.15, 0.2) is 48.5 Å². The number of amides is 5. The summed E-state index contributed by atoms with van der Waals surface area (Å²) in [5.41, 5.74) is 0.412. The van der Waals surface area contributed by atoms with Gasteiger partial charge in [-0.3, -0.25) is 52.7 Å². The highest BCUT2D eigenvalue weighted by atomic mass is 16.5. The second kappa shape index (κ2) is 71.1. The van der Waals surface area contributed by atoms with Crippen molar-refractivity contribution in [2.75, 3.05) is 145 Å². The first-order chi connectivity index (χ1) is 57.4. The summed E-state index contributed by atoms with van der Waals surface area (Å²) in [7, 11) is 0. The summed E-state index contributed by atoms with van der Waals surface area (Å²) in [6, 6.07) is 11.4. The predicted octanol–water partition coefficient (Wildman–Crippen LogP) is 9.50. The molecule has 0 heterocycles. The number of Topliss-reactive ketones (excluding diaryl/α,β-unsaturated/α-hetero) is 5. The normalized spacial score (nSPS) is 12.2. The number of ketones is 5. The molecule has 2 aromatic rings. The molecule has 2 aromatic carbocycles. The topological polar surface area (TPSA) is 472 Å². The number of rotatable bonds is 83. The van der Waals surface area contributed by atoms with E-state index in [-0.39, 0.29) is 242 Å². The maximum Gasteiger partial charge on any atom is 0.335 e. The number of carboxylic acid groups (broad SMARTS) is 4. The molecule has 0 aliphatic rings. The Morgan fingerprint density at radius 1 is 0.319 bits per heavy atom. The van der Waals surface area contributed by atoms with E-state index >= 15 is 0 Å². The summed E-state index contributed by atoms with van der Waals surface area (Å²) in [5, 5.41) is 50.7. The van der Waals surface area contributed by atoms with E-state index in [0.29, 0.717) is 122 Å². The summed E-state index contributed by atoms with van der Waals surface area (Å²) >= 11 is 0. The molecule has 0 aromatic heterocycles. The van der Waals surface area contributed by atoms with Crippen molar-refractivity contribution in [2.45, 2.75) is 225 Å². The van der Waals surface area contributed by atoms with Crippen molar-refractivity contribution < 1.29 is 138 Å². The van der Waals surface area contributed by atoms with Crippen LogP contribution in [0, 0.1) is 17.8 Å². The molecule has 0 saturated heterocycles. The SMILES string of the molecule is CC(=O)[C@H](CCCCNC(=O)COCCOCCCC(=O)COCCOCCNC(=O)CC[C@H](CC(=O)CCCCCCCCCOc1ccc(C(=O)O)cc1)C(=O)O)CC(=O)[C@@H](C)CCCCNC(=O)COCCOCCCC(=O)COCCOCCNC(=O)CC[C@H](NC(=O)CCCCCCCCCOc1ccc(C(=O)O)cc1)C(=O)O.[HH].[HH]. The maximum absolute atomic E-state index is 13.1. The highest BCUT2D eigenvalue weighted by Crippen LogP contribution is 2.22. The molecule has 119 heavy (non-hydrogen) atoms. The Morgan fingerprint density at radius 3 is 1.14 bits per heavy atom. The van der Waals surface area contributed by atoms with Gasteiger partial charge in [-0.25, -0.2) is 14.4 Å². The number of hydrogen-bond donors (Lipinski definition) is 9. The van der Waals surface area contributed by atoms with Crippen LogP contribution < -0.4 is 36.1 Å². The monoisotopic (exact) mass is 1690 g/mol. The van der Waals surface area contributed by atoms with Gasteiger partial charge in [-0.2, -0.15) is 0 Å². The quantitative estimate of drug-likeness (QED) is 0.0278. The molecule has 4 atom stereocenters. The summed E-state index contributed by atoms with van der Waals surface area (Å²) in [6.45, 7) is 7.60. The fourth-order valence-corrected chi connectivity index (χ4v) is 12.0. The molecule has 0 fully saturated rings. The van der Waals surface area contributed by atoms with Gasteiger partial charge in [0.1, 0.15) is 61.3 Å². The first kappa shape index (κ1) is 106. The van der Waals surface area contributed by atoms with E-state index in [4.69, 9.17) is 57.6 Å². The van der Waals surface area contributed by atoms with E-state index in [1.54, 1.807) is 24.3 Å². The number of nitrogens with one attached hydrogen (secondary N) is 5. The number of carboxylic acids is 4. The molecular formula is C86H139N5O28. The van der Waals surface area contributed by atoms with Crippen molar-refractivity contribution in [3.63, 3.8) is 0 Å². The minimum atomic E-state index is -1.22. The van der Waals surface area contributed by atoms with Crippen LogP contribution >= 0.6 is 0 Å². The van der Waals surface area contributed by atoms with E-state index < -0.39 is 41.8 Å². The molecule has 9 N–H and O–H groups in total. The van der Waals surface area contributed by atoms with Crippen molar-refractivity contribution in [3.05, 3.63) is 59.7 Å². The molecule has 0 saturated carbocycles. The average molecular weight is 1690 g/mol. The van der Waals surface area contributed by atoms with Crippen LogP contribution in [0.1, 0.15) is 243 Å². The van der Waals surface area contributed by atoms with Gasteiger partial charge in [-0.15, -0.1) is 0 Å². The second-order valence-corrected chi connectivity index (χ2v) is 29.3. The number of ether oxygens (including phenoxy) is 10. The zero-order valence-electron chi connectivity index (χ0n) is 70.2. The van der Waals surface area contributed by atoms with E-state index in [9.17, 15) is 77.3 Å². The lowest BCUT2D eigenvalue weighted by molar-refractivity contribution is -0.144. The first-order valence-electron chi connectivity index (χ1n) is 42.4. The van der Waals surface area contributed by atoms with Crippen molar-refractivity contribution >= 4 is 82.3 Å². The van der Waals surface area contributed by atoms with E-state index in [1.165, 1.54) is 31.2 Å². The fourth-order valence-electron chi connectivity index (χ4n) is 12.0. The molecule has 0 bridgehead atoms. The lowest BCUT2D eigenvalue weighted by Gasteiger charge is -2.16. The third kappa shape index (κ3) is 61.3. The van der Waals surface area contributed by atoms with Gasteiger partial charge in [0.25, 0.3) is 0 Å². The van der Waals surface area contributed by atoms with Crippen LogP contribution in [0.25, 0.3) is 0 Å². The molecule has 0 radical (unpaired) electrons. The summed E-state index contributed by atoms with van der Waals surface area (Å²) < 4.78 is 54.8. The summed E-state index contributed by atoms with van der Waals surface area (Å²) in [5.74, 6) is -6.75. The summed E-state index contributed by atoms with van der Waals surface area (Å²) in [4.78, 5) is 170. The van der Waals surface area contributed by atoms with Gasteiger partial charge in [0, 0.05) is 105 Å². The molecular weight excluding hydrogens is 1550 g/mol. The standard InChI is InChI=1S/C86H135N5O28.2H2/c1-65(23-15-17-41-87-81(100)63-116-57-51-110-45-21-27-73(95)62-115-56-54-113-50-44-90-79(98)40-38-76(86(108)109)91-80(99)28-14-10-6-4-8-12-20-48-119-75-36-31-68(32-37-75)84(104)105)77(96)60-69(66(2)92)24-16-18-42-88-82(101)64-117-58-52-111-46-22-26-72(94)61-114-55-53-112-49-43-89-78(97)39-33-70(85(106)107)59-71(93)25-13-9-5-3-7-11-19-47-118-74-34-29-67(30-35-74)83(102)103;;/h29-32,34-37,65,69-70,76H,3-28,33,38-64H2,1-2H3,(H,87,100)(H,88,101)(H,89,97)(H,90,98)(H,91,99)(H,102,103)(H,104,105)(H,106,107)(H,108,109);2*1H/t65-,69+,70+,76-;;/m0../s1. The molecule has 5 amide bonds. The molecule has 33 nitrogen and oxygen atoms in total. The highest BCUT2D eigenvalue weighted by Gasteiger charge is 2.25. The number of benzene rings is 2. The Hall–Kier alpha value is -8.70. The Kier molecular flexibility index (Phi) is 63.5. The Morgan fingerprint density at radius 2 is 0.706 bits per heavy atom. The lowest BCUT2D eigenvalue weighted by atomic mass is 9.87. The molecule has 33 heteroatoms. The van der Waals surface area contributed by atoms with Gasteiger partial charge < -0.3 is 94.4 Å². The van der Waals surface area contributed by atoms with Crippen molar-refractivity contribution in [1.82, 2.24) is 26.6 Å². The lowest BCUT2D eigenvalue weighted by Crippen LogP contribution is -2.41. The number of unbranched alkanes of at least 4 members (excludes halogenated alkanes) is 14. The zero-order valence-corrected chi connectivity index (χ0v) is 70.2. The molecule has 0 spiro atoms. The minimum absolute atomic E-state index is 0. The fraction of sp³-hybridized carbons (Fsp3) is 0.698.